The number of rotatable bonds is 8. The summed E-state index contributed by atoms with van der Waals surface area (Å²) in [7, 11) is 0. The van der Waals surface area contributed by atoms with Crippen LogP contribution in [0.25, 0.3) is 0 Å². The third-order valence-electron chi connectivity index (χ3n) is 4.04. The topological polar surface area (TPSA) is 21.3 Å². The van der Waals surface area contributed by atoms with Gasteiger partial charge in [0.25, 0.3) is 0 Å². The van der Waals surface area contributed by atoms with Crippen LogP contribution in [-0.4, -0.2) is 30.8 Å². The van der Waals surface area contributed by atoms with Gasteiger partial charge in [-0.05, 0) is 36.9 Å². The summed E-state index contributed by atoms with van der Waals surface area (Å²) < 4.78 is 5.45. The van der Waals surface area contributed by atoms with Crippen molar-refractivity contribution in [3.8, 4) is 0 Å². The predicted molar refractivity (Wildman–Crippen MR) is 93.2 cm³/mol. The molecule has 2 nitrogen and oxygen atoms in total. The van der Waals surface area contributed by atoms with E-state index in [2.05, 4.69) is 55.2 Å². The second-order valence-electron chi connectivity index (χ2n) is 5.75. The maximum Gasteiger partial charge on any atom is 0.0476 e. The zero-order valence-corrected chi connectivity index (χ0v) is 14.3. The van der Waals surface area contributed by atoms with Gasteiger partial charge in [-0.3, -0.25) is 0 Å². The summed E-state index contributed by atoms with van der Waals surface area (Å²) in [5.41, 5.74) is 2.88. The summed E-state index contributed by atoms with van der Waals surface area (Å²) in [6, 6.07) is 9.68. The van der Waals surface area contributed by atoms with Gasteiger partial charge in [0.05, 0.1) is 0 Å². The van der Waals surface area contributed by atoms with Crippen molar-refractivity contribution < 1.29 is 4.74 Å². The molecule has 0 saturated carbocycles. The first-order chi connectivity index (χ1) is 10.3. The molecule has 0 aliphatic carbocycles. The molecule has 0 aromatic heterocycles. The summed E-state index contributed by atoms with van der Waals surface area (Å²) >= 11 is 2.11. The molecule has 0 bridgehead atoms. The zero-order valence-electron chi connectivity index (χ0n) is 13.4. The Kier molecular flexibility index (Phi) is 7.62. The lowest BCUT2D eigenvalue weighted by molar-refractivity contribution is 0.1000. The zero-order chi connectivity index (χ0) is 14.9. The van der Waals surface area contributed by atoms with Crippen molar-refractivity contribution in [2.24, 2.45) is 0 Å². The minimum atomic E-state index is 0.471. The molecule has 1 heterocycles. The first kappa shape index (κ1) is 16.9. The van der Waals surface area contributed by atoms with Crippen molar-refractivity contribution in [1.29, 1.82) is 0 Å². The van der Waals surface area contributed by atoms with Crippen molar-refractivity contribution in [2.45, 2.75) is 50.8 Å². The highest BCUT2D eigenvalue weighted by Crippen LogP contribution is 2.27. The van der Waals surface area contributed by atoms with Crippen LogP contribution in [0.5, 0.6) is 0 Å². The first-order valence-corrected chi connectivity index (χ1v) is 9.40. The highest BCUT2D eigenvalue weighted by molar-refractivity contribution is 7.99. The summed E-state index contributed by atoms with van der Waals surface area (Å²) in [5.74, 6) is 1.16. The average Bonchev–Trinajstić information content (AvgIpc) is 2.54. The maximum atomic E-state index is 5.45. The monoisotopic (exact) mass is 307 g/mol. The highest BCUT2D eigenvalue weighted by atomic mass is 32.2. The van der Waals surface area contributed by atoms with Crippen molar-refractivity contribution >= 4 is 11.8 Å². The van der Waals surface area contributed by atoms with Gasteiger partial charge < -0.3 is 10.1 Å². The molecule has 3 heteroatoms. The van der Waals surface area contributed by atoms with Gasteiger partial charge in [0, 0.05) is 30.3 Å². The van der Waals surface area contributed by atoms with Gasteiger partial charge in [-0.1, -0.05) is 44.5 Å². The largest absolute Gasteiger partial charge is 0.381 e. The fourth-order valence-corrected chi connectivity index (χ4v) is 4.10. The molecule has 1 aliphatic rings. The van der Waals surface area contributed by atoms with Crippen LogP contribution in [0.15, 0.2) is 24.3 Å². The molecule has 21 heavy (non-hydrogen) atoms. The second kappa shape index (κ2) is 9.50. The summed E-state index contributed by atoms with van der Waals surface area (Å²) in [6.07, 6.45) is 4.82. The molecule has 118 valence electrons. The molecule has 1 fully saturated rings. The maximum absolute atomic E-state index is 5.45. The van der Waals surface area contributed by atoms with Gasteiger partial charge in [-0.15, -0.1) is 0 Å². The van der Waals surface area contributed by atoms with Crippen molar-refractivity contribution in [3.63, 3.8) is 0 Å². The van der Waals surface area contributed by atoms with E-state index in [0.717, 1.165) is 30.8 Å². The number of aryl methyl sites for hydroxylation is 1. The molecule has 2 rings (SSSR count). The molecule has 1 atom stereocenters. The van der Waals surface area contributed by atoms with Gasteiger partial charge in [-0.25, -0.2) is 0 Å². The smallest absolute Gasteiger partial charge is 0.0476 e. The SMILES string of the molecule is CCCc1ccc(C(CSC2CCOCC2)NCC)cc1. The van der Waals surface area contributed by atoms with Crippen LogP contribution >= 0.6 is 11.8 Å². The number of hydrogen-bond acceptors (Lipinski definition) is 3. The van der Waals surface area contributed by atoms with E-state index in [0.29, 0.717) is 6.04 Å². The quantitative estimate of drug-likeness (QED) is 0.777. The van der Waals surface area contributed by atoms with E-state index < -0.39 is 0 Å². The van der Waals surface area contributed by atoms with Gasteiger partial charge in [0.2, 0.25) is 0 Å². The van der Waals surface area contributed by atoms with E-state index in [1.807, 2.05) is 0 Å². The lowest BCUT2D eigenvalue weighted by Crippen LogP contribution is -2.25. The third kappa shape index (κ3) is 5.65. The van der Waals surface area contributed by atoms with E-state index in [4.69, 9.17) is 4.74 Å². The van der Waals surface area contributed by atoms with E-state index in [-0.39, 0.29) is 0 Å². The van der Waals surface area contributed by atoms with E-state index in [1.165, 1.54) is 36.8 Å². The standard InChI is InChI=1S/C18H29NOS/c1-3-5-15-6-8-16(9-7-15)18(19-4-2)14-21-17-10-12-20-13-11-17/h6-9,17-19H,3-5,10-14H2,1-2H3. The lowest BCUT2D eigenvalue weighted by atomic mass is 10.0. The Morgan fingerprint density at radius 2 is 1.90 bits per heavy atom. The Labute approximate surface area is 134 Å². The number of hydrogen-bond donors (Lipinski definition) is 1. The summed E-state index contributed by atoms with van der Waals surface area (Å²) in [6.45, 7) is 7.33. The molecule has 0 amide bonds. The van der Waals surface area contributed by atoms with Gasteiger partial charge in [0.15, 0.2) is 0 Å². The normalized spacial score (nSPS) is 17.8. The molecule has 1 aliphatic heterocycles. The molecular formula is C18H29NOS. The van der Waals surface area contributed by atoms with Crippen LogP contribution in [0.2, 0.25) is 0 Å². The van der Waals surface area contributed by atoms with Gasteiger partial charge in [-0.2, -0.15) is 11.8 Å². The third-order valence-corrected chi connectivity index (χ3v) is 5.51. The molecule has 1 aromatic carbocycles. The highest BCUT2D eigenvalue weighted by Gasteiger charge is 2.17. The van der Waals surface area contributed by atoms with E-state index in [9.17, 15) is 0 Å². The number of thioether (sulfide) groups is 1. The van der Waals surface area contributed by atoms with Crippen LogP contribution in [0.3, 0.4) is 0 Å². The van der Waals surface area contributed by atoms with Gasteiger partial charge in [0.1, 0.15) is 0 Å². The molecular weight excluding hydrogens is 278 g/mol. The Morgan fingerprint density at radius 1 is 1.19 bits per heavy atom. The Bertz CT molecular complexity index is 387. The van der Waals surface area contributed by atoms with Crippen LogP contribution in [0.4, 0.5) is 0 Å². The molecule has 1 saturated heterocycles. The molecule has 1 unspecified atom stereocenters. The first-order valence-electron chi connectivity index (χ1n) is 8.35. The molecule has 0 spiro atoms. The van der Waals surface area contributed by atoms with Crippen molar-refractivity contribution in [3.05, 3.63) is 35.4 Å². The minimum absolute atomic E-state index is 0.471. The van der Waals surface area contributed by atoms with Crippen LogP contribution in [0.1, 0.15) is 50.3 Å². The van der Waals surface area contributed by atoms with E-state index in [1.54, 1.807) is 0 Å². The second-order valence-corrected chi connectivity index (χ2v) is 7.08. The molecule has 1 aromatic rings. The van der Waals surface area contributed by atoms with Crippen LogP contribution < -0.4 is 5.32 Å². The minimum Gasteiger partial charge on any atom is -0.381 e. The molecule has 0 radical (unpaired) electrons. The average molecular weight is 308 g/mol. The molecule has 1 N–H and O–H groups in total. The number of nitrogens with one attached hydrogen (secondary N) is 1. The fourth-order valence-electron chi connectivity index (χ4n) is 2.80. The van der Waals surface area contributed by atoms with Crippen LogP contribution in [-0.2, 0) is 11.2 Å². The van der Waals surface area contributed by atoms with Crippen LogP contribution in [0, 0.1) is 0 Å². The fraction of sp³-hybridized carbons (Fsp3) is 0.667. The Morgan fingerprint density at radius 3 is 2.52 bits per heavy atom. The van der Waals surface area contributed by atoms with Crippen molar-refractivity contribution in [1.82, 2.24) is 5.32 Å². The number of benzene rings is 1. The van der Waals surface area contributed by atoms with E-state index >= 15 is 0 Å². The van der Waals surface area contributed by atoms with Crippen molar-refractivity contribution in [2.75, 3.05) is 25.5 Å². The Hall–Kier alpha value is -0.510. The van der Waals surface area contributed by atoms with Gasteiger partial charge >= 0.3 is 0 Å². The lowest BCUT2D eigenvalue weighted by Gasteiger charge is -2.25. The predicted octanol–water partition coefficient (Wildman–Crippen LogP) is 4.20. The summed E-state index contributed by atoms with van der Waals surface area (Å²) in [4.78, 5) is 0. The number of ether oxygens (including phenoxy) is 1. The Balaban J connectivity index is 1.90. The summed E-state index contributed by atoms with van der Waals surface area (Å²) in [5, 5.41) is 4.41.